The number of para-hydroxylation sites is 1. The van der Waals surface area contributed by atoms with Crippen LogP contribution in [0.1, 0.15) is 18.4 Å². The third-order valence-corrected chi connectivity index (χ3v) is 3.31. The molecule has 6 heteroatoms. The Morgan fingerprint density at radius 3 is 2.86 bits per heavy atom. The Labute approximate surface area is 123 Å². The van der Waals surface area contributed by atoms with Gasteiger partial charge in [0.05, 0.1) is 13.7 Å². The van der Waals surface area contributed by atoms with Crippen LogP contribution >= 0.6 is 0 Å². The summed E-state index contributed by atoms with van der Waals surface area (Å²) in [6.07, 6.45) is 1.19. The molecule has 21 heavy (non-hydrogen) atoms. The first-order valence-corrected chi connectivity index (χ1v) is 6.98. The van der Waals surface area contributed by atoms with E-state index in [1.165, 1.54) is 0 Å². The molecule has 1 heterocycles. The van der Waals surface area contributed by atoms with Gasteiger partial charge in [0.2, 0.25) is 11.8 Å². The third-order valence-electron chi connectivity index (χ3n) is 3.31. The van der Waals surface area contributed by atoms with E-state index in [2.05, 4.69) is 10.6 Å². The highest BCUT2D eigenvalue weighted by Crippen LogP contribution is 2.16. The highest BCUT2D eigenvalue weighted by molar-refractivity contribution is 5.87. The van der Waals surface area contributed by atoms with E-state index >= 15 is 0 Å². The predicted octanol–water partition coefficient (Wildman–Crippen LogP) is 0.607. The van der Waals surface area contributed by atoms with Crippen LogP contribution in [0.4, 0.5) is 0 Å². The maximum atomic E-state index is 11.7. The molecule has 0 saturated carbocycles. The first-order chi connectivity index (χ1) is 10.2. The summed E-state index contributed by atoms with van der Waals surface area (Å²) in [4.78, 5) is 23.4. The number of methoxy groups -OCH3 is 1. The Hall–Kier alpha value is -2.08. The fourth-order valence-corrected chi connectivity index (χ4v) is 2.17. The van der Waals surface area contributed by atoms with Gasteiger partial charge in [-0.1, -0.05) is 18.2 Å². The van der Waals surface area contributed by atoms with Gasteiger partial charge in [0, 0.05) is 18.7 Å². The van der Waals surface area contributed by atoms with Crippen LogP contribution in [-0.4, -0.2) is 38.2 Å². The van der Waals surface area contributed by atoms with Gasteiger partial charge in [-0.2, -0.15) is 0 Å². The maximum Gasteiger partial charge on any atom is 0.249 e. The van der Waals surface area contributed by atoms with Gasteiger partial charge in [-0.25, -0.2) is 0 Å². The van der Waals surface area contributed by atoms with Gasteiger partial charge in [-0.15, -0.1) is 0 Å². The van der Waals surface area contributed by atoms with Crippen molar-refractivity contribution in [2.45, 2.75) is 25.5 Å². The van der Waals surface area contributed by atoms with Gasteiger partial charge in [-0.05, 0) is 18.9 Å². The van der Waals surface area contributed by atoms with Crippen molar-refractivity contribution >= 4 is 11.8 Å². The monoisotopic (exact) mass is 292 g/mol. The molecular weight excluding hydrogens is 272 g/mol. The lowest BCUT2D eigenvalue weighted by Crippen LogP contribution is -2.41. The standard InChI is InChI=1S/C15H20N2O4/c1-20-12-6-3-2-5-11(12)9-16-14(18)10-17-15(19)13-7-4-8-21-13/h2-3,5-6,13H,4,7-10H2,1H3,(H,16,18)(H,17,19). The zero-order valence-electron chi connectivity index (χ0n) is 12.1. The van der Waals surface area contributed by atoms with Crippen LogP contribution in [0.25, 0.3) is 0 Å². The largest absolute Gasteiger partial charge is 0.496 e. The number of carbonyl (C=O) groups is 2. The summed E-state index contributed by atoms with van der Waals surface area (Å²) < 4.78 is 10.5. The molecule has 1 unspecified atom stereocenters. The second-order valence-electron chi connectivity index (χ2n) is 4.81. The van der Waals surface area contributed by atoms with Crippen molar-refractivity contribution < 1.29 is 19.1 Å². The maximum absolute atomic E-state index is 11.7. The lowest BCUT2D eigenvalue weighted by Gasteiger charge is -2.11. The van der Waals surface area contributed by atoms with Crippen molar-refractivity contribution in [3.63, 3.8) is 0 Å². The molecule has 2 amide bonds. The van der Waals surface area contributed by atoms with Crippen molar-refractivity contribution in [3.8, 4) is 5.75 Å². The van der Waals surface area contributed by atoms with E-state index in [9.17, 15) is 9.59 Å². The summed E-state index contributed by atoms with van der Waals surface area (Å²) in [7, 11) is 1.59. The predicted molar refractivity (Wildman–Crippen MR) is 76.8 cm³/mol. The van der Waals surface area contributed by atoms with E-state index in [4.69, 9.17) is 9.47 Å². The minimum atomic E-state index is -0.410. The minimum Gasteiger partial charge on any atom is -0.496 e. The summed E-state index contributed by atoms with van der Waals surface area (Å²) in [5, 5.41) is 5.33. The van der Waals surface area contributed by atoms with E-state index in [1.54, 1.807) is 7.11 Å². The Morgan fingerprint density at radius 2 is 2.14 bits per heavy atom. The molecule has 1 fully saturated rings. The number of rotatable bonds is 6. The average molecular weight is 292 g/mol. The van der Waals surface area contributed by atoms with E-state index < -0.39 is 6.10 Å². The number of nitrogens with one attached hydrogen (secondary N) is 2. The van der Waals surface area contributed by atoms with Crippen LogP contribution in [0.5, 0.6) is 5.75 Å². The van der Waals surface area contributed by atoms with E-state index in [-0.39, 0.29) is 18.4 Å². The molecule has 0 aliphatic carbocycles. The molecule has 0 bridgehead atoms. The van der Waals surface area contributed by atoms with Gasteiger partial charge in [0.25, 0.3) is 0 Å². The second kappa shape index (κ2) is 7.64. The number of carbonyl (C=O) groups excluding carboxylic acids is 2. The van der Waals surface area contributed by atoms with E-state index in [0.717, 1.165) is 17.7 Å². The van der Waals surface area contributed by atoms with Crippen LogP contribution in [0.3, 0.4) is 0 Å². The molecule has 1 aliphatic rings. The Morgan fingerprint density at radius 1 is 1.33 bits per heavy atom. The molecule has 6 nitrogen and oxygen atoms in total. The normalized spacial score (nSPS) is 17.3. The molecule has 0 spiro atoms. The molecule has 0 aromatic heterocycles. The number of benzene rings is 1. The molecule has 2 N–H and O–H groups in total. The number of hydrogen-bond donors (Lipinski definition) is 2. The highest BCUT2D eigenvalue weighted by Gasteiger charge is 2.23. The van der Waals surface area contributed by atoms with Gasteiger partial charge in [-0.3, -0.25) is 9.59 Å². The van der Waals surface area contributed by atoms with Crippen LogP contribution in [0, 0.1) is 0 Å². The average Bonchev–Trinajstić information content (AvgIpc) is 3.05. The molecule has 1 saturated heterocycles. The SMILES string of the molecule is COc1ccccc1CNC(=O)CNC(=O)C1CCCO1. The number of hydrogen-bond acceptors (Lipinski definition) is 4. The topological polar surface area (TPSA) is 76.7 Å². The molecule has 0 radical (unpaired) electrons. The van der Waals surface area contributed by atoms with Crippen molar-refractivity contribution in [2.24, 2.45) is 0 Å². The minimum absolute atomic E-state index is 0.0478. The third kappa shape index (κ3) is 4.46. The van der Waals surface area contributed by atoms with Gasteiger partial charge in [0.15, 0.2) is 0 Å². The molecule has 1 aromatic carbocycles. The zero-order valence-corrected chi connectivity index (χ0v) is 12.1. The van der Waals surface area contributed by atoms with Crippen molar-refractivity contribution in [1.29, 1.82) is 0 Å². The van der Waals surface area contributed by atoms with Gasteiger partial charge < -0.3 is 20.1 Å². The van der Waals surface area contributed by atoms with Gasteiger partial charge in [0.1, 0.15) is 11.9 Å². The summed E-state index contributed by atoms with van der Waals surface area (Å²) in [6.45, 7) is 0.921. The quantitative estimate of drug-likeness (QED) is 0.805. The van der Waals surface area contributed by atoms with Crippen molar-refractivity contribution in [3.05, 3.63) is 29.8 Å². The van der Waals surface area contributed by atoms with Crippen LogP contribution in [-0.2, 0) is 20.9 Å². The van der Waals surface area contributed by atoms with Crippen LogP contribution < -0.4 is 15.4 Å². The van der Waals surface area contributed by atoms with Crippen molar-refractivity contribution in [2.75, 3.05) is 20.3 Å². The number of amides is 2. The first kappa shape index (κ1) is 15.3. The Balaban J connectivity index is 1.73. The van der Waals surface area contributed by atoms with E-state index in [0.29, 0.717) is 19.6 Å². The summed E-state index contributed by atoms with van der Waals surface area (Å²) in [6, 6.07) is 7.46. The molecule has 1 aliphatic heterocycles. The smallest absolute Gasteiger partial charge is 0.249 e. The van der Waals surface area contributed by atoms with Gasteiger partial charge >= 0.3 is 0 Å². The van der Waals surface area contributed by atoms with Crippen LogP contribution in [0.15, 0.2) is 24.3 Å². The molecule has 2 rings (SSSR count). The zero-order chi connectivity index (χ0) is 15.1. The van der Waals surface area contributed by atoms with Crippen molar-refractivity contribution in [1.82, 2.24) is 10.6 Å². The fraction of sp³-hybridized carbons (Fsp3) is 0.467. The molecular formula is C15H20N2O4. The Kier molecular flexibility index (Phi) is 5.57. The number of ether oxygens (including phenoxy) is 2. The molecule has 1 atom stereocenters. The Bertz CT molecular complexity index is 498. The van der Waals surface area contributed by atoms with Crippen LogP contribution in [0.2, 0.25) is 0 Å². The lowest BCUT2D eigenvalue weighted by molar-refractivity contribution is -0.132. The van der Waals surface area contributed by atoms with E-state index in [1.807, 2.05) is 24.3 Å². The summed E-state index contributed by atoms with van der Waals surface area (Å²) in [5.74, 6) is 0.258. The summed E-state index contributed by atoms with van der Waals surface area (Å²) in [5.41, 5.74) is 0.888. The molecule has 1 aromatic rings. The highest BCUT2D eigenvalue weighted by atomic mass is 16.5. The fourth-order valence-electron chi connectivity index (χ4n) is 2.17. The molecule has 114 valence electrons. The lowest BCUT2D eigenvalue weighted by atomic mass is 10.2. The first-order valence-electron chi connectivity index (χ1n) is 6.98. The second-order valence-corrected chi connectivity index (χ2v) is 4.81. The summed E-state index contributed by atoms with van der Waals surface area (Å²) >= 11 is 0.